The molecule has 0 saturated carbocycles. The fraction of sp³-hybridized carbons (Fsp3) is 0.273. The Labute approximate surface area is 177 Å². The minimum Gasteiger partial charge on any atom is -0.497 e. The summed E-state index contributed by atoms with van der Waals surface area (Å²) in [5.74, 6) is 1.77. The molecule has 1 fully saturated rings. The van der Waals surface area contributed by atoms with Gasteiger partial charge in [-0.1, -0.05) is 0 Å². The Hall–Kier alpha value is -3.26. The number of aromatic nitrogens is 3. The topological polar surface area (TPSA) is 80.2 Å². The second-order valence-electron chi connectivity index (χ2n) is 7.31. The summed E-state index contributed by atoms with van der Waals surface area (Å²) in [6.07, 6.45) is 5.00. The van der Waals surface area contributed by atoms with Crippen LogP contribution in [-0.2, 0) is 4.79 Å². The van der Waals surface area contributed by atoms with E-state index in [1.54, 1.807) is 31.0 Å². The molecule has 7 nitrogen and oxygen atoms in total. The highest BCUT2D eigenvalue weighted by atomic mass is 32.1. The number of fused-ring (bicyclic) bond motifs is 3. The van der Waals surface area contributed by atoms with Crippen LogP contribution >= 0.6 is 11.3 Å². The lowest BCUT2D eigenvalue weighted by Crippen LogP contribution is -2.38. The van der Waals surface area contributed by atoms with Crippen LogP contribution in [0.2, 0.25) is 0 Å². The third kappa shape index (κ3) is 3.43. The molecule has 0 atom stereocenters. The number of hydrogen-bond donors (Lipinski definition) is 1. The van der Waals surface area contributed by atoms with E-state index in [0.717, 1.165) is 63.6 Å². The van der Waals surface area contributed by atoms with Crippen LogP contribution in [0.4, 0.5) is 11.5 Å². The molecule has 0 bridgehead atoms. The minimum absolute atomic E-state index is 0.00949. The average Bonchev–Trinajstić information content (AvgIpc) is 3.18. The Balaban J connectivity index is 1.29. The van der Waals surface area contributed by atoms with Crippen LogP contribution in [0.5, 0.6) is 5.75 Å². The molecule has 30 heavy (non-hydrogen) atoms. The molecule has 4 aromatic rings. The Morgan fingerprint density at radius 3 is 2.70 bits per heavy atom. The van der Waals surface area contributed by atoms with Crippen LogP contribution in [0.15, 0.2) is 48.9 Å². The summed E-state index contributed by atoms with van der Waals surface area (Å²) in [6.45, 7) is 1.57. The molecule has 1 aliphatic heterocycles. The molecule has 1 N–H and O–H groups in total. The van der Waals surface area contributed by atoms with Crippen molar-refractivity contribution in [2.45, 2.75) is 12.8 Å². The van der Waals surface area contributed by atoms with Gasteiger partial charge in [0, 0.05) is 36.3 Å². The number of anilines is 2. The predicted octanol–water partition coefficient (Wildman–Crippen LogP) is 4.10. The van der Waals surface area contributed by atoms with Crippen molar-refractivity contribution in [1.29, 1.82) is 0 Å². The van der Waals surface area contributed by atoms with E-state index in [2.05, 4.69) is 25.2 Å². The normalized spacial score (nSPS) is 14.9. The average molecular weight is 420 g/mol. The van der Waals surface area contributed by atoms with Gasteiger partial charge >= 0.3 is 0 Å². The van der Waals surface area contributed by atoms with Gasteiger partial charge in [-0.05, 0) is 49.2 Å². The second kappa shape index (κ2) is 7.87. The maximum Gasteiger partial charge on any atom is 0.227 e. The summed E-state index contributed by atoms with van der Waals surface area (Å²) in [4.78, 5) is 29.5. The fourth-order valence-electron chi connectivity index (χ4n) is 3.90. The number of nitrogens with one attached hydrogen (secondary N) is 1. The van der Waals surface area contributed by atoms with Gasteiger partial charge in [0.1, 0.15) is 22.7 Å². The van der Waals surface area contributed by atoms with Crippen LogP contribution in [0.1, 0.15) is 12.8 Å². The lowest BCUT2D eigenvalue weighted by atomic mass is 9.95. The summed E-state index contributed by atoms with van der Waals surface area (Å²) in [5.41, 5.74) is 1.74. The number of carbonyl (C=O) groups excluding carboxylic acids is 1. The summed E-state index contributed by atoms with van der Waals surface area (Å²) in [5, 5.41) is 4.08. The van der Waals surface area contributed by atoms with Gasteiger partial charge in [0.05, 0.1) is 17.3 Å². The molecule has 4 heterocycles. The van der Waals surface area contributed by atoms with E-state index in [0.29, 0.717) is 0 Å². The van der Waals surface area contributed by atoms with Gasteiger partial charge < -0.3 is 15.0 Å². The summed E-state index contributed by atoms with van der Waals surface area (Å²) < 4.78 is 6.22. The molecule has 0 radical (unpaired) electrons. The van der Waals surface area contributed by atoms with Crippen molar-refractivity contribution in [2.75, 3.05) is 30.4 Å². The number of methoxy groups -OCH3 is 1. The van der Waals surface area contributed by atoms with Gasteiger partial charge in [0.15, 0.2) is 0 Å². The lowest BCUT2D eigenvalue weighted by Gasteiger charge is -2.32. The molecule has 1 aromatic carbocycles. The monoisotopic (exact) mass is 419 g/mol. The Morgan fingerprint density at radius 1 is 1.13 bits per heavy atom. The molecule has 0 aliphatic carbocycles. The highest BCUT2D eigenvalue weighted by molar-refractivity contribution is 7.25. The molecule has 0 spiro atoms. The van der Waals surface area contributed by atoms with E-state index in [1.165, 1.54) is 0 Å². The van der Waals surface area contributed by atoms with Crippen LogP contribution in [-0.4, -0.2) is 41.1 Å². The van der Waals surface area contributed by atoms with Gasteiger partial charge in [0.25, 0.3) is 0 Å². The van der Waals surface area contributed by atoms with Gasteiger partial charge in [-0.2, -0.15) is 0 Å². The van der Waals surface area contributed by atoms with Gasteiger partial charge in [-0.25, -0.2) is 15.0 Å². The molecule has 1 aliphatic rings. The molecule has 152 valence electrons. The molecule has 0 unspecified atom stereocenters. The van der Waals surface area contributed by atoms with Gasteiger partial charge in [0.2, 0.25) is 5.91 Å². The Bertz CT molecular complexity index is 1200. The van der Waals surface area contributed by atoms with Crippen molar-refractivity contribution in [2.24, 2.45) is 5.92 Å². The van der Waals surface area contributed by atoms with E-state index in [9.17, 15) is 4.79 Å². The van der Waals surface area contributed by atoms with Gasteiger partial charge in [-0.15, -0.1) is 11.3 Å². The zero-order valence-corrected chi connectivity index (χ0v) is 17.4. The quantitative estimate of drug-likeness (QED) is 0.536. The smallest absolute Gasteiger partial charge is 0.227 e. The number of piperidine rings is 1. The number of thiophene rings is 1. The standard InChI is InChI=1S/C22H21N5O2S/c1-29-16-6-4-15(5-7-16)26-21(28)14-8-11-27(12-9-14)20-19-18(24-13-25-20)17-3-2-10-23-22(17)30-19/h2-7,10,13-14H,8-9,11-12H2,1H3,(H,26,28). The second-order valence-corrected chi connectivity index (χ2v) is 8.31. The number of benzene rings is 1. The van der Waals surface area contributed by atoms with Crippen molar-refractivity contribution < 1.29 is 9.53 Å². The predicted molar refractivity (Wildman–Crippen MR) is 119 cm³/mol. The lowest BCUT2D eigenvalue weighted by molar-refractivity contribution is -0.120. The highest BCUT2D eigenvalue weighted by Crippen LogP contribution is 2.37. The maximum atomic E-state index is 12.7. The van der Waals surface area contributed by atoms with Crippen molar-refractivity contribution in [3.05, 3.63) is 48.9 Å². The maximum absolute atomic E-state index is 12.7. The Kier molecular flexibility index (Phi) is 4.92. The fourth-order valence-corrected chi connectivity index (χ4v) is 5.01. The van der Waals surface area contributed by atoms with E-state index >= 15 is 0 Å². The number of hydrogen-bond acceptors (Lipinski definition) is 7. The highest BCUT2D eigenvalue weighted by Gasteiger charge is 2.27. The first-order valence-electron chi connectivity index (χ1n) is 9.91. The molecule has 1 amide bonds. The third-order valence-corrected chi connectivity index (χ3v) is 6.63. The number of nitrogens with zero attached hydrogens (tertiary/aromatic N) is 4. The first-order valence-corrected chi connectivity index (χ1v) is 10.7. The molecular formula is C22H21N5O2S. The van der Waals surface area contributed by atoms with E-state index < -0.39 is 0 Å². The summed E-state index contributed by atoms with van der Waals surface area (Å²) in [7, 11) is 1.63. The van der Waals surface area contributed by atoms with Gasteiger partial charge in [-0.3, -0.25) is 4.79 Å². The summed E-state index contributed by atoms with van der Waals surface area (Å²) in [6, 6.07) is 11.4. The SMILES string of the molecule is COc1ccc(NC(=O)C2CCN(c3ncnc4c3sc3ncccc34)CC2)cc1. The number of pyridine rings is 1. The summed E-state index contributed by atoms with van der Waals surface area (Å²) >= 11 is 1.63. The Morgan fingerprint density at radius 2 is 1.93 bits per heavy atom. The first-order chi connectivity index (χ1) is 14.7. The number of amides is 1. The van der Waals surface area contributed by atoms with Crippen LogP contribution < -0.4 is 15.0 Å². The van der Waals surface area contributed by atoms with Crippen LogP contribution in [0, 0.1) is 5.92 Å². The van der Waals surface area contributed by atoms with Crippen molar-refractivity contribution in [3.63, 3.8) is 0 Å². The number of ether oxygens (including phenoxy) is 1. The number of carbonyl (C=O) groups is 1. The first kappa shape index (κ1) is 18.7. The van der Waals surface area contributed by atoms with E-state index in [1.807, 2.05) is 36.4 Å². The zero-order chi connectivity index (χ0) is 20.5. The third-order valence-electron chi connectivity index (χ3n) is 5.53. The molecule has 1 saturated heterocycles. The molecule has 5 rings (SSSR count). The van der Waals surface area contributed by atoms with Crippen LogP contribution in [0.3, 0.4) is 0 Å². The van der Waals surface area contributed by atoms with Crippen molar-refractivity contribution in [1.82, 2.24) is 15.0 Å². The van der Waals surface area contributed by atoms with Crippen LogP contribution in [0.25, 0.3) is 20.4 Å². The van der Waals surface area contributed by atoms with E-state index in [4.69, 9.17) is 4.74 Å². The minimum atomic E-state index is -0.00949. The zero-order valence-electron chi connectivity index (χ0n) is 16.5. The number of rotatable bonds is 4. The van der Waals surface area contributed by atoms with Crippen molar-refractivity contribution in [3.8, 4) is 5.75 Å². The van der Waals surface area contributed by atoms with Crippen molar-refractivity contribution >= 4 is 49.2 Å². The molecule has 3 aromatic heterocycles. The molecular weight excluding hydrogens is 398 g/mol. The van der Waals surface area contributed by atoms with E-state index in [-0.39, 0.29) is 11.8 Å². The molecule has 8 heteroatoms. The largest absolute Gasteiger partial charge is 0.497 e.